The van der Waals surface area contributed by atoms with Gasteiger partial charge in [-0.05, 0) is 30.8 Å². The Morgan fingerprint density at radius 3 is 2.25 bits per heavy atom. The minimum absolute atomic E-state index is 0.129. The predicted molar refractivity (Wildman–Crippen MR) is 70.9 cm³/mol. The smallest absolute Gasteiger partial charge is 0.0681 e. The lowest BCUT2D eigenvalue weighted by molar-refractivity contribution is 0.282. The fourth-order valence-corrected chi connectivity index (χ4v) is 2.44. The SMILES string of the molecule is CCN(CC)CCSc1ccc(CO)cc1. The van der Waals surface area contributed by atoms with Crippen molar-refractivity contribution < 1.29 is 5.11 Å². The first-order valence-corrected chi connectivity index (χ1v) is 6.83. The van der Waals surface area contributed by atoms with E-state index in [4.69, 9.17) is 5.11 Å². The molecule has 90 valence electrons. The number of thioether (sulfide) groups is 1. The van der Waals surface area contributed by atoms with E-state index in [2.05, 4.69) is 30.9 Å². The van der Waals surface area contributed by atoms with Crippen LogP contribution in [0.2, 0.25) is 0 Å². The van der Waals surface area contributed by atoms with Crippen LogP contribution in [-0.4, -0.2) is 35.4 Å². The van der Waals surface area contributed by atoms with Gasteiger partial charge in [0.05, 0.1) is 6.61 Å². The number of aliphatic hydroxyl groups excluding tert-OH is 1. The molecule has 1 N–H and O–H groups in total. The van der Waals surface area contributed by atoms with Gasteiger partial charge in [0.25, 0.3) is 0 Å². The molecule has 1 aromatic rings. The zero-order chi connectivity index (χ0) is 11.8. The van der Waals surface area contributed by atoms with Crippen molar-refractivity contribution in [3.8, 4) is 0 Å². The Kier molecular flexibility index (Phi) is 6.53. The van der Waals surface area contributed by atoms with E-state index in [0.29, 0.717) is 0 Å². The van der Waals surface area contributed by atoms with Gasteiger partial charge in [0.15, 0.2) is 0 Å². The van der Waals surface area contributed by atoms with Crippen molar-refractivity contribution in [1.82, 2.24) is 4.90 Å². The van der Waals surface area contributed by atoms with E-state index in [9.17, 15) is 0 Å². The third-order valence-corrected chi connectivity index (χ3v) is 3.67. The van der Waals surface area contributed by atoms with E-state index < -0.39 is 0 Å². The van der Waals surface area contributed by atoms with Crippen LogP contribution in [0.4, 0.5) is 0 Å². The standard InChI is InChI=1S/C13H21NOS/c1-3-14(4-2)9-10-16-13-7-5-12(11-15)6-8-13/h5-8,15H,3-4,9-11H2,1-2H3. The van der Waals surface area contributed by atoms with Crippen LogP contribution in [0.5, 0.6) is 0 Å². The summed E-state index contributed by atoms with van der Waals surface area (Å²) in [6.45, 7) is 7.92. The molecule has 0 unspecified atom stereocenters. The third-order valence-electron chi connectivity index (χ3n) is 2.68. The summed E-state index contributed by atoms with van der Waals surface area (Å²) in [5.74, 6) is 1.13. The largest absolute Gasteiger partial charge is 0.392 e. The lowest BCUT2D eigenvalue weighted by atomic mass is 10.2. The molecule has 16 heavy (non-hydrogen) atoms. The number of hydrogen-bond acceptors (Lipinski definition) is 3. The summed E-state index contributed by atoms with van der Waals surface area (Å²) in [6.07, 6.45) is 0. The number of aliphatic hydroxyl groups is 1. The Hall–Kier alpha value is -0.510. The monoisotopic (exact) mass is 239 g/mol. The summed E-state index contributed by atoms with van der Waals surface area (Å²) in [5.41, 5.74) is 0.980. The van der Waals surface area contributed by atoms with Crippen LogP contribution in [-0.2, 0) is 6.61 Å². The van der Waals surface area contributed by atoms with Crippen molar-refractivity contribution in [2.45, 2.75) is 25.3 Å². The Labute approximate surface area is 103 Å². The molecule has 0 atom stereocenters. The third kappa shape index (κ3) is 4.56. The molecule has 0 amide bonds. The molecule has 0 saturated heterocycles. The number of nitrogens with zero attached hydrogens (tertiary/aromatic N) is 1. The van der Waals surface area contributed by atoms with Gasteiger partial charge in [-0.3, -0.25) is 0 Å². The maximum absolute atomic E-state index is 8.93. The molecule has 0 saturated carbocycles. The van der Waals surface area contributed by atoms with Crippen molar-refractivity contribution in [3.63, 3.8) is 0 Å². The van der Waals surface area contributed by atoms with Crippen LogP contribution in [0.15, 0.2) is 29.2 Å². The molecule has 1 aromatic carbocycles. The molecule has 0 heterocycles. The summed E-state index contributed by atoms with van der Waals surface area (Å²) in [6, 6.07) is 8.14. The summed E-state index contributed by atoms with van der Waals surface area (Å²) in [7, 11) is 0. The zero-order valence-electron chi connectivity index (χ0n) is 10.1. The number of hydrogen-bond donors (Lipinski definition) is 1. The Balaban J connectivity index is 2.31. The summed E-state index contributed by atoms with van der Waals surface area (Å²) < 4.78 is 0. The molecule has 1 rings (SSSR count). The molecule has 0 radical (unpaired) electrons. The lowest BCUT2D eigenvalue weighted by Crippen LogP contribution is -2.25. The fraction of sp³-hybridized carbons (Fsp3) is 0.538. The molecule has 0 aliphatic carbocycles. The lowest BCUT2D eigenvalue weighted by Gasteiger charge is -2.17. The van der Waals surface area contributed by atoms with Crippen LogP contribution < -0.4 is 0 Å². The Bertz CT molecular complexity index is 282. The highest BCUT2D eigenvalue weighted by molar-refractivity contribution is 7.99. The van der Waals surface area contributed by atoms with E-state index in [1.807, 2.05) is 23.9 Å². The molecule has 0 aliphatic heterocycles. The van der Waals surface area contributed by atoms with Crippen molar-refractivity contribution in [1.29, 1.82) is 0 Å². The molecule has 2 nitrogen and oxygen atoms in total. The van der Waals surface area contributed by atoms with Gasteiger partial charge in [0, 0.05) is 17.2 Å². The Morgan fingerprint density at radius 1 is 1.12 bits per heavy atom. The maximum Gasteiger partial charge on any atom is 0.0681 e. The molecular weight excluding hydrogens is 218 g/mol. The normalized spacial score (nSPS) is 11.0. The van der Waals surface area contributed by atoms with E-state index in [0.717, 1.165) is 31.0 Å². The van der Waals surface area contributed by atoms with Gasteiger partial charge in [-0.25, -0.2) is 0 Å². The summed E-state index contributed by atoms with van der Waals surface area (Å²) in [4.78, 5) is 3.71. The van der Waals surface area contributed by atoms with Crippen LogP contribution in [0.1, 0.15) is 19.4 Å². The van der Waals surface area contributed by atoms with Crippen molar-refractivity contribution in [3.05, 3.63) is 29.8 Å². The van der Waals surface area contributed by atoms with E-state index in [1.54, 1.807) is 0 Å². The molecular formula is C13H21NOS. The fourth-order valence-electron chi connectivity index (χ4n) is 1.52. The van der Waals surface area contributed by atoms with Crippen LogP contribution in [0, 0.1) is 0 Å². The van der Waals surface area contributed by atoms with Crippen molar-refractivity contribution in [2.75, 3.05) is 25.4 Å². The molecule has 0 fully saturated rings. The second-order valence-electron chi connectivity index (χ2n) is 3.68. The van der Waals surface area contributed by atoms with E-state index in [1.165, 1.54) is 4.90 Å². The van der Waals surface area contributed by atoms with Gasteiger partial charge in [-0.15, -0.1) is 11.8 Å². The van der Waals surface area contributed by atoms with Crippen LogP contribution >= 0.6 is 11.8 Å². The highest BCUT2D eigenvalue weighted by Gasteiger charge is 1.99. The molecule has 0 spiro atoms. The van der Waals surface area contributed by atoms with Gasteiger partial charge in [-0.1, -0.05) is 26.0 Å². The summed E-state index contributed by atoms with van der Waals surface area (Å²) in [5, 5.41) is 8.93. The van der Waals surface area contributed by atoms with Gasteiger partial charge in [-0.2, -0.15) is 0 Å². The van der Waals surface area contributed by atoms with E-state index in [-0.39, 0.29) is 6.61 Å². The molecule has 0 aromatic heterocycles. The number of benzene rings is 1. The van der Waals surface area contributed by atoms with Gasteiger partial charge in [0.2, 0.25) is 0 Å². The molecule has 3 heteroatoms. The maximum atomic E-state index is 8.93. The highest BCUT2D eigenvalue weighted by atomic mass is 32.2. The first-order chi connectivity index (χ1) is 7.80. The minimum atomic E-state index is 0.129. The molecule has 0 aliphatic rings. The molecule has 0 bridgehead atoms. The van der Waals surface area contributed by atoms with Crippen LogP contribution in [0.25, 0.3) is 0 Å². The summed E-state index contributed by atoms with van der Waals surface area (Å²) >= 11 is 1.88. The Morgan fingerprint density at radius 2 is 1.75 bits per heavy atom. The second kappa shape index (κ2) is 7.71. The van der Waals surface area contributed by atoms with Gasteiger partial charge in [0.1, 0.15) is 0 Å². The predicted octanol–water partition coefficient (Wildman–Crippen LogP) is 2.61. The highest BCUT2D eigenvalue weighted by Crippen LogP contribution is 2.18. The van der Waals surface area contributed by atoms with Crippen LogP contribution in [0.3, 0.4) is 0 Å². The van der Waals surface area contributed by atoms with E-state index >= 15 is 0 Å². The second-order valence-corrected chi connectivity index (χ2v) is 4.85. The van der Waals surface area contributed by atoms with Gasteiger partial charge >= 0.3 is 0 Å². The zero-order valence-corrected chi connectivity index (χ0v) is 11.0. The first kappa shape index (κ1) is 13.6. The topological polar surface area (TPSA) is 23.5 Å². The van der Waals surface area contributed by atoms with Crippen molar-refractivity contribution >= 4 is 11.8 Å². The number of rotatable bonds is 7. The van der Waals surface area contributed by atoms with Crippen molar-refractivity contribution in [2.24, 2.45) is 0 Å². The average Bonchev–Trinajstić information content (AvgIpc) is 2.35. The average molecular weight is 239 g/mol. The quantitative estimate of drug-likeness (QED) is 0.740. The minimum Gasteiger partial charge on any atom is -0.392 e. The first-order valence-electron chi connectivity index (χ1n) is 5.85. The van der Waals surface area contributed by atoms with Gasteiger partial charge < -0.3 is 10.0 Å².